The van der Waals surface area contributed by atoms with E-state index in [0.717, 1.165) is 24.7 Å². The molecule has 1 N–H and O–H groups in total. The third-order valence-electron chi connectivity index (χ3n) is 2.97. The molecule has 0 saturated carbocycles. The van der Waals surface area contributed by atoms with Crippen molar-refractivity contribution in [3.8, 4) is 0 Å². The molecule has 0 radical (unpaired) electrons. The van der Waals surface area contributed by atoms with Gasteiger partial charge in [-0.3, -0.25) is 0 Å². The molecule has 0 fully saturated rings. The Morgan fingerprint density at radius 3 is 2.68 bits per heavy atom. The summed E-state index contributed by atoms with van der Waals surface area (Å²) in [6.07, 6.45) is 10.9. The minimum Gasteiger partial charge on any atom is -0.376 e. The van der Waals surface area contributed by atoms with Crippen LogP contribution in [0, 0.1) is 0 Å². The van der Waals surface area contributed by atoms with Crippen LogP contribution in [0.2, 0.25) is 0 Å². The summed E-state index contributed by atoms with van der Waals surface area (Å²) in [5.74, 6) is 0. The number of hydrogen-bond acceptors (Lipinski definition) is 4. The molecule has 1 rings (SSSR count). The van der Waals surface area contributed by atoms with Crippen molar-refractivity contribution in [1.29, 1.82) is 0 Å². The average molecular weight is 284 g/mol. The first kappa shape index (κ1) is 16.4. The Hall–Kier alpha value is -0.610. The second kappa shape index (κ2) is 11.2. The smallest absolute Gasteiger partial charge is 0.182 e. The highest BCUT2D eigenvalue weighted by molar-refractivity contribution is 7.15. The Balaban J connectivity index is 1.98. The number of unbranched alkanes of at least 4 members (excludes halogenated alkanes) is 5. The first-order chi connectivity index (χ1) is 9.36. The molecule has 0 aliphatic rings. The largest absolute Gasteiger partial charge is 0.376 e. The Kier molecular flexibility index (Phi) is 9.72. The molecule has 0 aromatic carbocycles. The molecule has 110 valence electrons. The van der Waals surface area contributed by atoms with Crippen LogP contribution in [0.4, 0.5) is 5.13 Å². The number of aromatic nitrogens is 1. The zero-order valence-electron chi connectivity index (χ0n) is 12.4. The predicted octanol–water partition coefficient (Wildman–Crippen LogP) is 4.84. The number of nitrogens with zero attached hydrogens (tertiary/aromatic N) is 1. The fourth-order valence-corrected chi connectivity index (χ4v) is 2.62. The molecule has 0 spiro atoms. The van der Waals surface area contributed by atoms with Crippen molar-refractivity contribution >= 4 is 16.5 Å². The number of rotatable bonds is 12. The van der Waals surface area contributed by atoms with E-state index in [2.05, 4.69) is 24.1 Å². The molecule has 0 atom stereocenters. The highest BCUT2D eigenvalue weighted by Crippen LogP contribution is 2.18. The fraction of sp³-hybridized carbons (Fsp3) is 0.800. The molecule has 3 nitrogen and oxygen atoms in total. The minimum atomic E-state index is 0.709. The predicted molar refractivity (Wildman–Crippen MR) is 83.9 cm³/mol. The van der Waals surface area contributed by atoms with E-state index in [1.165, 1.54) is 43.4 Å². The molecule has 0 amide bonds. The van der Waals surface area contributed by atoms with Crippen molar-refractivity contribution in [1.82, 2.24) is 4.98 Å². The van der Waals surface area contributed by atoms with Crippen LogP contribution in [0.15, 0.2) is 6.20 Å². The van der Waals surface area contributed by atoms with E-state index in [9.17, 15) is 0 Å². The highest BCUT2D eigenvalue weighted by atomic mass is 32.1. The minimum absolute atomic E-state index is 0.709. The van der Waals surface area contributed by atoms with Crippen molar-refractivity contribution in [3.05, 3.63) is 11.1 Å². The van der Waals surface area contributed by atoms with Gasteiger partial charge in [-0.2, -0.15) is 0 Å². The highest BCUT2D eigenvalue weighted by Gasteiger charge is 2.01. The number of ether oxygens (including phenoxy) is 1. The maximum absolute atomic E-state index is 5.69. The maximum Gasteiger partial charge on any atom is 0.182 e. The SMILES string of the molecule is CCCCCCCCOCc1cnc(NCCC)s1. The van der Waals surface area contributed by atoms with Crippen LogP contribution in [-0.4, -0.2) is 18.1 Å². The molecule has 1 aromatic rings. The number of anilines is 1. The molecule has 4 heteroatoms. The van der Waals surface area contributed by atoms with Crippen LogP contribution in [0.3, 0.4) is 0 Å². The van der Waals surface area contributed by atoms with Crippen molar-refractivity contribution in [2.75, 3.05) is 18.5 Å². The zero-order chi connectivity index (χ0) is 13.8. The average Bonchev–Trinajstić information content (AvgIpc) is 2.87. The van der Waals surface area contributed by atoms with Gasteiger partial charge in [-0.05, 0) is 12.8 Å². The van der Waals surface area contributed by atoms with Crippen LogP contribution in [0.25, 0.3) is 0 Å². The third kappa shape index (κ3) is 8.22. The van der Waals surface area contributed by atoms with E-state index < -0.39 is 0 Å². The molecule has 1 heterocycles. The Morgan fingerprint density at radius 2 is 1.89 bits per heavy atom. The normalized spacial score (nSPS) is 10.8. The molecule has 0 aliphatic carbocycles. The maximum atomic E-state index is 5.69. The lowest BCUT2D eigenvalue weighted by Crippen LogP contribution is -1.97. The first-order valence-electron chi connectivity index (χ1n) is 7.63. The van der Waals surface area contributed by atoms with Crippen molar-refractivity contribution < 1.29 is 4.74 Å². The van der Waals surface area contributed by atoms with Gasteiger partial charge in [0.15, 0.2) is 5.13 Å². The van der Waals surface area contributed by atoms with Gasteiger partial charge in [0, 0.05) is 19.3 Å². The van der Waals surface area contributed by atoms with Gasteiger partial charge in [0.2, 0.25) is 0 Å². The molecule has 19 heavy (non-hydrogen) atoms. The van der Waals surface area contributed by atoms with E-state index in [1.807, 2.05) is 6.20 Å². The molecular formula is C15H28N2OS. The van der Waals surface area contributed by atoms with Gasteiger partial charge in [-0.1, -0.05) is 57.3 Å². The zero-order valence-corrected chi connectivity index (χ0v) is 13.2. The van der Waals surface area contributed by atoms with Gasteiger partial charge in [0.25, 0.3) is 0 Å². The van der Waals surface area contributed by atoms with Crippen molar-refractivity contribution in [2.45, 2.75) is 65.4 Å². The topological polar surface area (TPSA) is 34.1 Å². The van der Waals surface area contributed by atoms with Gasteiger partial charge < -0.3 is 10.1 Å². The summed E-state index contributed by atoms with van der Waals surface area (Å²) in [5, 5.41) is 4.31. The lowest BCUT2D eigenvalue weighted by atomic mass is 10.1. The van der Waals surface area contributed by atoms with Crippen LogP contribution in [0.1, 0.15) is 63.7 Å². The second-order valence-corrected chi connectivity index (χ2v) is 5.99. The van der Waals surface area contributed by atoms with Crippen molar-refractivity contribution in [2.24, 2.45) is 0 Å². The van der Waals surface area contributed by atoms with E-state index >= 15 is 0 Å². The molecule has 0 saturated heterocycles. The Labute approximate surface area is 121 Å². The summed E-state index contributed by atoms with van der Waals surface area (Å²) in [6, 6.07) is 0. The van der Waals surface area contributed by atoms with E-state index in [0.29, 0.717) is 6.61 Å². The lowest BCUT2D eigenvalue weighted by molar-refractivity contribution is 0.118. The molecular weight excluding hydrogens is 256 g/mol. The summed E-state index contributed by atoms with van der Waals surface area (Å²) in [7, 11) is 0. The van der Waals surface area contributed by atoms with Gasteiger partial charge in [0.1, 0.15) is 0 Å². The van der Waals surface area contributed by atoms with E-state index in [4.69, 9.17) is 4.74 Å². The van der Waals surface area contributed by atoms with Gasteiger partial charge in [0.05, 0.1) is 11.5 Å². The summed E-state index contributed by atoms with van der Waals surface area (Å²) in [6.45, 7) is 6.99. The van der Waals surface area contributed by atoms with Crippen LogP contribution >= 0.6 is 11.3 Å². The summed E-state index contributed by atoms with van der Waals surface area (Å²) >= 11 is 1.70. The van der Waals surface area contributed by atoms with Gasteiger partial charge in [-0.25, -0.2) is 4.98 Å². The molecule has 1 aromatic heterocycles. The monoisotopic (exact) mass is 284 g/mol. The summed E-state index contributed by atoms with van der Waals surface area (Å²) in [4.78, 5) is 5.54. The third-order valence-corrected chi connectivity index (χ3v) is 3.89. The number of thiazole rings is 1. The standard InChI is InChI=1S/C15H28N2OS/c1-3-5-6-7-8-9-11-18-13-14-12-17-15(19-14)16-10-4-2/h12H,3-11,13H2,1-2H3,(H,16,17). The molecule has 0 bridgehead atoms. The fourth-order valence-electron chi connectivity index (χ4n) is 1.85. The summed E-state index contributed by atoms with van der Waals surface area (Å²) < 4.78 is 5.69. The number of hydrogen-bond donors (Lipinski definition) is 1. The lowest BCUT2D eigenvalue weighted by Gasteiger charge is -2.02. The Morgan fingerprint density at radius 1 is 1.11 bits per heavy atom. The van der Waals surface area contributed by atoms with Crippen LogP contribution in [-0.2, 0) is 11.3 Å². The van der Waals surface area contributed by atoms with Crippen LogP contribution in [0.5, 0.6) is 0 Å². The first-order valence-corrected chi connectivity index (χ1v) is 8.44. The molecule has 0 unspecified atom stereocenters. The van der Waals surface area contributed by atoms with Gasteiger partial charge in [-0.15, -0.1) is 0 Å². The summed E-state index contributed by atoms with van der Waals surface area (Å²) in [5.41, 5.74) is 0. The van der Waals surface area contributed by atoms with Crippen LogP contribution < -0.4 is 5.32 Å². The van der Waals surface area contributed by atoms with E-state index in [1.54, 1.807) is 11.3 Å². The Bertz CT molecular complexity index is 315. The molecule has 0 aliphatic heterocycles. The van der Waals surface area contributed by atoms with Crippen molar-refractivity contribution in [3.63, 3.8) is 0 Å². The van der Waals surface area contributed by atoms with Gasteiger partial charge >= 0.3 is 0 Å². The quantitative estimate of drug-likeness (QED) is 0.558. The number of nitrogens with one attached hydrogen (secondary N) is 1. The van der Waals surface area contributed by atoms with E-state index in [-0.39, 0.29) is 0 Å². The second-order valence-electron chi connectivity index (χ2n) is 4.88.